The molecule has 0 aliphatic carbocycles. The second kappa shape index (κ2) is 11.9. The van der Waals surface area contributed by atoms with Gasteiger partial charge in [-0.3, -0.25) is 0 Å². The number of carboxylic acids is 2. The van der Waals surface area contributed by atoms with Crippen LogP contribution < -0.4 is 5.32 Å². The van der Waals surface area contributed by atoms with Crippen molar-refractivity contribution in [1.82, 2.24) is 5.32 Å². The van der Waals surface area contributed by atoms with Gasteiger partial charge in [0.1, 0.15) is 0 Å². The van der Waals surface area contributed by atoms with E-state index in [2.05, 4.69) is 11.4 Å². The largest absolute Gasteiger partial charge is 0.478 e. The number of allylic oxidation sites excluding steroid dienone is 2. The van der Waals surface area contributed by atoms with Gasteiger partial charge in [-0.05, 0) is 40.6 Å². The predicted octanol–water partition coefficient (Wildman–Crippen LogP) is 2.05. The predicted molar refractivity (Wildman–Crippen MR) is 71.6 cm³/mol. The Morgan fingerprint density at radius 2 is 1.78 bits per heavy atom. The Labute approximate surface area is 112 Å². The molecule has 0 aliphatic heterocycles. The van der Waals surface area contributed by atoms with Crippen LogP contribution in [0.25, 0.3) is 0 Å². The van der Waals surface area contributed by atoms with Crippen molar-refractivity contribution in [3.63, 3.8) is 0 Å². The smallest absolute Gasteiger partial charge is 0.328 e. The van der Waals surface area contributed by atoms with Gasteiger partial charge in [-0.1, -0.05) is 11.6 Å². The maximum Gasteiger partial charge on any atom is 0.328 e. The maximum absolute atomic E-state index is 9.55. The van der Waals surface area contributed by atoms with Gasteiger partial charge in [0.05, 0.1) is 0 Å². The Morgan fingerprint density at radius 3 is 2.11 bits per heavy atom. The summed E-state index contributed by atoms with van der Waals surface area (Å²) >= 11 is 0. The molecule has 0 amide bonds. The summed E-state index contributed by atoms with van der Waals surface area (Å²) in [5, 5.41) is 18.2. The summed E-state index contributed by atoms with van der Waals surface area (Å²) in [5.41, 5.74) is 1.28. The summed E-state index contributed by atoms with van der Waals surface area (Å²) in [5.74, 6) is -2.51. The quantitative estimate of drug-likeness (QED) is 0.387. The molecule has 0 fully saturated rings. The number of hydrogen-bond acceptors (Lipinski definition) is 3. The van der Waals surface area contributed by atoms with Crippen LogP contribution in [0.5, 0.6) is 0 Å². The van der Waals surface area contributed by atoms with Crippen molar-refractivity contribution in [1.29, 1.82) is 0 Å². The number of carbonyl (C=O) groups is 2. The molecule has 0 aromatic carbocycles. The average Bonchev–Trinajstić information content (AvgIpc) is 2.24. The van der Waals surface area contributed by atoms with Gasteiger partial charge in [0.2, 0.25) is 0 Å². The fourth-order valence-electron chi connectivity index (χ4n) is 0.837. The lowest BCUT2D eigenvalue weighted by atomic mass is 10.1. The second-order valence-electron chi connectivity index (χ2n) is 3.91. The fourth-order valence-corrected chi connectivity index (χ4v) is 0.837. The molecule has 0 saturated heterocycles. The van der Waals surface area contributed by atoms with Gasteiger partial charge in [0.25, 0.3) is 0 Å². The molecule has 0 saturated carbocycles. The molecule has 5 heteroatoms. The third kappa shape index (κ3) is 19.9. The highest BCUT2D eigenvalue weighted by Gasteiger charge is 1.93. The van der Waals surface area contributed by atoms with Gasteiger partial charge in [0, 0.05) is 22.3 Å². The molecule has 18 heavy (non-hydrogen) atoms. The van der Waals surface area contributed by atoms with E-state index in [1.807, 2.05) is 20.8 Å². The minimum atomic E-state index is -2.01. The summed E-state index contributed by atoms with van der Waals surface area (Å²) in [6, 6.07) is 0.0445. The van der Waals surface area contributed by atoms with Crippen molar-refractivity contribution in [2.45, 2.75) is 39.7 Å². The number of nitrogens with one attached hydrogen (secondary N) is 1. The van der Waals surface area contributed by atoms with E-state index in [0.717, 1.165) is 12.8 Å². The molecular formula is C13H23NO4. The molecule has 0 radical (unpaired) electrons. The first-order chi connectivity index (χ1) is 9.44. The summed E-state index contributed by atoms with van der Waals surface area (Å²) in [6.45, 7) is 3.97. The molecule has 0 spiro atoms. The number of aliphatic carboxylic acids is 2. The monoisotopic (exact) mass is 261 g/mol. The topological polar surface area (TPSA) is 86.6 Å². The Balaban J connectivity index is 0. The standard InChI is InChI=1S/C9H19N.C4H4O4/c1-8(2)6-5-7-9(3)10-4;5-3(6)1-2-4(7)8/h6,9-10H,5,7H2,1-4H3;1-2H,(H,5,6)(H,7,8)/b;2-1-/t9-;/m1./s1/i4+1D3;. The van der Waals surface area contributed by atoms with Crippen molar-refractivity contribution in [3.05, 3.63) is 23.8 Å². The van der Waals surface area contributed by atoms with Crippen LogP contribution in [-0.4, -0.2) is 35.2 Å². The van der Waals surface area contributed by atoms with E-state index in [4.69, 9.17) is 14.3 Å². The SMILES string of the molecule is O=C(O)/C=C\C(=O)O.[2H][13C]([2H])([2H])N[C@H](C)CCC=C(C)C. The lowest BCUT2D eigenvalue weighted by molar-refractivity contribution is -0.134. The number of carboxylic acid groups (broad SMARTS) is 2. The average molecular weight is 261 g/mol. The Bertz CT molecular complexity index is 369. The fraction of sp³-hybridized carbons (Fsp3) is 0.538. The highest BCUT2D eigenvalue weighted by Crippen LogP contribution is 1.99. The van der Waals surface area contributed by atoms with E-state index in [9.17, 15) is 9.59 Å². The molecule has 104 valence electrons. The van der Waals surface area contributed by atoms with Crippen molar-refractivity contribution >= 4 is 11.9 Å². The van der Waals surface area contributed by atoms with E-state index in [1.54, 1.807) is 0 Å². The lowest BCUT2D eigenvalue weighted by Gasteiger charge is -2.06. The molecule has 0 bridgehead atoms. The van der Waals surface area contributed by atoms with Crippen LogP contribution in [0.15, 0.2) is 23.8 Å². The van der Waals surface area contributed by atoms with E-state index in [1.165, 1.54) is 5.57 Å². The zero-order chi connectivity index (χ0) is 17.1. The second-order valence-corrected chi connectivity index (χ2v) is 3.91. The zero-order valence-corrected chi connectivity index (χ0v) is 10.9. The van der Waals surface area contributed by atoms with Gasteiger partial charge in [-0.2, -0.15) is 0 Å². The molecule has 0 aromatic rings. The van der Waals surface area contributed by atoms with Crippen LogP contribution >= 0.6 is 0 Å². The molecule has 1 atom stereocenters. The third-order valence-electron chi connectivity index (χ3n) is 1.77. The van der Waals surface area contributed by atoms with Crippen LogP contribution in [0, 0.1) is 0 Å². The third-order valence-corrected chi connectivity index (χ3v) is 1.77. The zero-order valence-electron chi connectivity index (χ0n) is 13.9. The number of hydrogen-bond donors (Lipinski definition) is 3. The van der Waals surface area contributed by atoms with Crippen LogP contribution in [0.3, 0.4) is 0 Å². The van der Waals surface area contributed by atoms with Crippen LogP contribution in [0.1, 0.15) is 37.7 Å². The van der Waals surface area contributed by atoms with Crippen LogP contribution in [-0.2, 0) is 9.59 Å². The van der Waals surface area contributed by atoms with E-state index in [-0.39, 0.29) is 6.04 Å². The summed E-state index contributed by atoms with van der Waals surface area (Å²) in [4.78, 5) is 19.1. The summed E-state index contributed by atoms with van der Waals surface area (Å²) in [7, 11) is 0. The minimum Gasteiger partial charge on any atom is -0.478 e. The van der Waals surface area contributed by atoms with Crippen LogP contribution in [0.4, 0.5) is 0 Å². The van der Waals surface area contributed by atoms with Crippen molar-refractivity contribution in [3.8, 4) is 0 Å². The molecule has 0 aromatic heterocycles. The van der Waals surface area contributed by atoms with Crippen LogP contribution in [0.2, 0.25) is 0 Å². The van der Waals surface area contributed by atoms with Crippen molar-refractivity contribution < 1.29 is 23.9 Å². The van der Waals surface area contributed by atoms with Crippen molar-refractivity contribution in [2.24, 2.45) is 0 Å². The van der Waals surface area contributed by atoms with E-state index >= 15 is 0 Å². The summed E-state index contributed by atoms with van der Waals surface area (Å²) < 4.78 is 21.0. The first-order valence-electron chi connectivity index (χ1n) is 6.99. The normalized spacial score (nSPS) is 14.5. The minimum absolute atomic E-state index is 0.0445. The maximum atomic E-state index is 9.55. The molecule has 5 nitrogen and oxygen atoms in total. The Hall–Kier alpha value is -1.62. The Morgan fingerprint density at radius 1 is 1.28 bits per heavy atom. The first kappa shape index (κ1) is 12.8. The number of rotatable bonds is 6. The summed E-state index contributed by atoms with van der Waals surface area (Å²) in [6.07, 6.45) is 5.04. The van der Waals surface area contributed by atoms with Gasteiger partial charge in [-0.25, -0.2) is 9.59 Å². The first-order valence-corrected chi connectivity index (χ1v) is 5.49. The highest BCUT2D eigenvalue weighted by molar-refractivity contribution is 5.89. The van der Waals surface area contributed by atoms with E-state index < -0.39 is 18.9 Å². The molecular weight excluding hydrogens is 235 g/mol. The highest BCUT2D eigenvalue weighted by atomic mass is 16.4. The van der Waals surface area contributed by atoms with E-state index in [0.29, 0.717) is 12.2 Å². The molecule has 3 N–H and O–H groups in total. The van der Waals surface area contributed by atoms with Gasteiger partial charge >= 0.3 is 11.9 Å². The molecule has 0 unspecified atom stereocenters. The van der Waals surface area contributed by atoms with Crippen molar-refractivity contribution in [2.75, 3.05) is 6.98 Å². The van der Waals surface area contributed by atoms with Gasteiger partial charge in [0.15, 0.2) is 0 Å². The van der Waals surface area contributed by atoms with Gasteiger partial charge < -0.3 is 15.5 Å². The lowest BCUT2D eigenvalue weighted by Crippen LogP contribution is -2.20. The molecule has 0 rings (SSSR count). The molecule has 0 aliphatic rings. The molecule has 0 heterocycles. The van der Waals surface area contributed by atoms with Gasteiger partial charge in [-0.15, -0.1) is 0 Å². The Kier molecular flexibility index (Phi) is 8.45.